The first-order valence-corrected chi connectivity index (χ1v) is 8.30. The van der Waals surface area contributed by atoms with Gasteiger partial charge in [-0.15, -0.1) is 11.3 Å². The largest absolute Gasteiger partial charge is 0.358 e. The van der Waals surface area contributed by atoms with E-state index < -0.39 is 0 Å². The average Bonchev–Trinajstić information content (AvgIpc) is 2.98. The number of nitrogens with one attached hydrogen (secondary N) is 1. The van der Waals surface area contributed by atoms with Crippen LogP contribution in [0.15, 0.2) is 35.7 Å². The van der Waals surface area contributed by atoms with Crippen molar-refractivity contribution in [3.63, 3.8) is 0 Å². The third kappa shape index (κ3) is 2.59. The smallest absolute Gasteiger partial charge is 0.257 e. The topological polar surface area (TPSA) is 52.7 Å². The van der Waals surface area contributed by atoms with Crippen molar-refractivity contribution >= 4 is 28.8 Å². The number of aryl methyl sites for hydroxylation is 1. The highest BCUT2D eigenvalue weighted by Crippen LogP contribution is 2.40. The number of hydrogen-bond donors (Lipinski definition) is 1. The van der Waals surface area contributed by atoms with E-state index in [1.807, 2.05) is 47.5 Å². The number of anilines is 1. The molecule has 1 atom stereocenters. The Labute approximate surface area is 139 Å². The Kier molecular flexibility index (Phi) is 4.09. The summed E-state index contributed by atoms with van der Waals surface area (Å²) in [7, 11) is 3.41. The van der Waals surface area contributed by atoms with Gasteiger partial charge in [-0.2, -0.15) is 0 Å². The zero-order valence-electron chi connectivity index (χ0n) is 13.4. The predicted molar refractivity (Wildman–Crippen MR) is 91.7 cm³/mol. The van der Waals surface area contributed by atoms with Gasteiger partial charge >= 0.3 is 0 Å². The first-order valence-electron chi connectivity index (χ1n) is 7.42. The second kappa shape index (κ2) is 6.04. The zero-order chi connectivity index (χ0) is 16.6. The standard InChI is InChI=1S/C17H19N3O2S/c1-11-8-9-23-15(11)16-19(3)17(22)12-6-4-5-7-13(12)20(16)10-14(21)18-2/h4-9,16H,10H2,1-3H3,(H,18,21)/t16-/m0/s1. The van der Waals surface area contributed by atoms with Crippen LogP contribution in [0.1, 0.15) is 27.0 Å². The molecule has 0 spiro atoms. The fourth-order valence-electron chi connectivity index (χ4n) is 2.92. The van der Waals surface area contributed by atoms with Crippen LogP contribution in [0.4, 0.5) is 5.69 Å². The average molecular weight is 329 g/mol. The summed E-state index contributed by atoms with van der Waals surface area (Å²) in [6, 6.07) is 9.49. The summed E-state index contributed by atoms with van der Waals surface area (Å²) in [5, 5.41) is 4.68. The van der Waals surface area contributed by atoms with Crippen molar-refractivity contribution < 1.29 is 9.59 Å². The number of para-hydroxylation sites is 1. The first kappa shape index (κ1) is 15.6. The van der Waals surface area contributed by atoms with Crippen LogP contribution in [0.2, 0.25) is 0 Å². The molecule has 0 radical (unpaired) electrons. The van der Waals surface area contributed by atoms with E-state index in [4.69, 9.17) is 0 Å². The lowest BCUT2D eigenvalue weighted by atomic mass is 10.0. The number of amides is 2. The molecular weight excluding hydrogens is 310 g/mol. The molecule has 5 nitrogen and oxygen atoms in total. The lowest BCUT2D eigenvalue weighted by Gasteiger charge is -2.43. The van der Waals surface area contributed by atoms with Gasteiger partial charge in [0, 0.05) is 14.1 Å². The van der Waals surface area contributed by atoms with Gasteiger partial charge in [0.15, 0.2) is 0 Å². The van der Waals surface area contributed by atoms with Gasteiger partial charge in [-0.25, -0.2) is 0 Å². The van der Waals surface area contributed by atoms with Crippen molar-refractivity contribution in [2.24, 2.45) is 0 Å². The van der Waals surface area contributed by atoms with Crippen LogP contribution in [0.5, 0.6) is 0 Å². The van der Waals surface area contributed by atoms with Gasteiger partial charge < -0.3 is 15.1 Å². The lowest BCUT2D eigenvalue weighted by molar-refractivity contribution is -0.119. The molecule has 1 N–H and O–H groups in total. The van der Waals surface area contributed by atoms with E-state index >= 15 is 0 Å². The number of nitrogens with zero attached hydrogens (tertiary/aromatic N) is 2. The number of carbonyl (C=O) groups is 2. The van der Waals surface area contributed by atoms with Gasteiger partial charge in [-0.1, -0.05) is 12.1 Å². The molecule has 2 aromatic rings. The van der Waals surface area contributed by atoms with Crippen LogP contribution in [0, 0.1) is 6.92 Å². The highest BCUT2D eigenvalue weighted by molar-refractivity contribution is 7.10. The molecule has 120 valence electrons. The lowest BCUT2D eigenvalue weighted by Crippen LogP contribution is -2.50. The summed E-state index contributed by atoms with van der Waals surface area (Å²) >= 11 is 1.61. The molecule has 0 saturated heterocycles. The molecule has 1 aromatic heterocycles. The van der Waals surface area contributed by atoms with Crippen LogP contribution in [-0.2, 0) is 4.79 Å². The van der Waals surface area contributed by atoms with E-state index in [1.54, 1.807) is 30.3 Å². The number of thiophene rings is 1. The third-order valence-electron chi connectivity index (χ3n) is 4.16. The Morgan fingerprint density at radius 2 is 2.04 bits per heavy atom. The van der Waals surface area contributed by atoms with Gasteiger partial charge in [0.2, 0.25) is 5.91 Å². The molecular formula is C17H19N3O2S. The number of fused-ring (bicyclic) bond motifs is 1. The Bertz CT molecular complexity index is 756. The van der Waals surface area contributed by atoms with Gasteiger partial charge in [0.05, 0.1) is 22.7 Å². The predicted octanol–water partition coefficient (Wildman–Crippen LogP) is 2.39. The Morgan fingerprint density at radius 3 is 2.70 bits per heavy atom. The maximum atomic E-state index is 12.7. The minimum absolute atomic E-state index is 0.0217. The van der Waals surface area contributed by atoms with Crippen molar-refractivity contribution in [2.45, 2.75) is 13.1 Å². The molecule has 1 aromatic carbocycles. The van der Waals surface area contributed by atoms with E-state index in [-0.39, 0.29) is 24.5 Å². The molecule has 2 heterocycles. The van der Waals surface area contributed by atoms with Gasteiger partial charge in [0.1, 0.15) is 6.17 Å². The Balaban J connectivity index is 2.14. The number of benzene rings is 1. The van der Waals surface area contributed by atoms with Crippen LogP contribution in [-0.4, -0.2) is 37.4 Å². The monoisotopic (exact) mass is 329 g/mol. The number of hydrogen-bond acceptors (Lipinski definition) is 4. The highest BCUT2D eigenvalue weighted by atomic mass is 32.1. The Hall–Kier alpha value is -2.34. The van der Waals surface area contributed by atoms with Crippen molar-refractivity contribution in [1.82, 2.24) is 10.2 Å². The molecule has 3 rings (SSSR count). The molecule has 2 amide bonds. The normalized spacial score (nSPS) is 17.2. The quantitative estimate of drug-likeness (QED) is 0.941. The van der Waals surface area contributed by atoms with E-state index in [0.29, 0.717) is 5.56 Å². The fraction of sp³-hybridized carbons (Fsp3) is 0.294. The van der Waals surface area contributed by atoms with Crippen LogP contribution >= 0.6 is 11.3 Å². The summed E-state index contributed by atoms with van der Waals surface area (Å²) in [4.78, 5) is 29.6. The summed E-state index contributed by atoms with van der Waals surface area (Å²) < 4.78 is 0. The van der Waals surface area contributed by atoms with E-state index in [0.717, 1.165) is 16.1 Å². The maximum absolute atomic E-state index is 12.7. The molecule has 1 aliphatic rings. The summed E-state index contributed by atoms with van der Waals surface area (Å²) in [5.74, 6) is -0.103. The molecule has 23 heavy (non-hydrogen) atoms. The second-order valence-corrected chi connectivity index (χ2v) is 6.52. The van der Waals surface area contributed by atoms with E-state index in [1.165, 1.54) is 0 Å². The van der Waals surface area contributed by atoms with Crippen LogP contribution in [0.3, 0.4) is 0 Å². The summed E-state index contributed by atoms with van der Waals surface area (Å²) in [6.07, 6.45) is -0.269. The molecule has 0 unspecified atom stereocenters. The minimum atomic E-state index is -0.269. The third-order valence-corrected chi connectivity index (χ3v) is 5.21. The van der Waals surface area contributed by atoms with Crippen molar-refractivity contribution in [3.8, 4) is 0 Å². The minimum Gasteiger partial charge on any atom is -0.358 e. The Morgan fingerprint density at radius 1 is 1.30 bits per heavy atom. The van der Waals surface area contributed by atoms with Crippen LogP contribution in [0.25, 0.3) is 0 Å². The van der Waals surface area contributed by atoms with Gasteiger partial charge in [-0.3, -0.25) is 9.59 Å². The van der Waals surface area contributed by atoms with E-state index in [9.17, 15) is 9.59 Å². The molecule has 0 fully saturated rings. The SMILES string of the molecule is CNC(=O)CN1c2ccccc2C(=O)N(C)[C@@H]1c1sccc1C. The second-order valence-electron chi connectivity index (χ2n) is 5.58. The fourth-order valence-corrected chi connectivity index (χ4v) is 4.00. The molecule has 0 aliphatic carbocycles. The van der Waals surface area contributed by atoms with Crippen LogP contribution < -0.4 is 10.2 Å². The molecule has 1 aliphatic heterocycles. The molecule has 0 saturated carbocycles. The first-order chi connectivity index (χ1) is 11.0. The van der Waals surface area contributed by atoms with E-state index in [2.05, 4.69) is 5.32 Å². The number of likely N-dealkylation sites (N-methyl/N-ethyl adjacent to an activating group) is 1. The van der Waals surface area contributed by atoms with Crippen molar-refractivity contribution in [3.05, 3.63) is 51.7 Å². The van der Waals surface area contributed by atoms with Crippen molar-refractivity contribution in [2.75, 3.05) is 25.5 Å². The van der Waals surface area contributed by atoms with Gasteiger partial charge in [-0.05, 0) is 36.1 Å². The summed E-state index contributed by atoms with van der Waals surface area (Å²) in [5.41, 5.74) is 2.56. The van der Waals surface area contributed by atoms with Gasteiger partial charge in [0.25, 0.3) is 5.91 Å². The molecule has 0 bridgehead atoms. The zero-order valence-corrected chi connectivity index (χ0v) is 14.2. The van der Waals surface area contributed by atoms with Crippen molar-refractivity contribution in [1.29, 1.82) is 0 Å². The highest BCUT2D eigenvalue weighted by Gasteiger charge is 2.38. The number of rotatable bonds is 3. The number of carbonyl (C=O) groups excluding carboxylic acids is 2. The molecule has 6 heteroatoms. The summed E-state index contributed by atoms with van der Waals surface area (Å²) in [6.45, 7) is 2.23. The maximum Gasteiger partial charge on any atom is 0.257 e.